The highest BCUT2D eigenvalue weighted by atomic mass is 16.4. The number of hydrogen-bond donors (Lipinski definition) is 2. The van der Waals surface area contributed by atoms with Crippen molar-refractivity contribution in [1.82, 2.24) is 24.8 Å². The Morgan fingerprint density at radius 2 is 1.93 bits per heavy atom. The highest BCUT2D eigenvalue weighted by molar-refractivity contribution is 5.85. The van der Waals surface area contributed by atoms with E-state index in [0.29, 0.717) is 29.4 Å². The van der Waals surface area contributed by atoms with Crippen molar-refractivity contribution in [2.24, 2.45) is 5.92 Å². The molecule has 2 aromatic heterocycles. The fourth-order valence-corrected chi connectivity index (χ4v) is 3.91. The van der Waals surface area contributed by atoms with Gasteiger partial charge in [-0.05, 0) is 37.1 Å². The summed E-state index contributed by atoms with van der Waals surface area (Å²) in [6.07, 6.45) is 3.95. The lowest BCUT2D eigenvalue weighted by Gasteiger charge is -2.32. The van der Waals surface area contributed by atoms with Gasteiger partial charge in [-0.15, -0.1) is 0 Å². The summed E-state index contributed by atoms with van der Waals surface area (Å²) in [5, 5.41) is 12.6. The summed E-state index contributed by atoms with van der Waals surface area (Å²) >= 11 is 0. The second-order valence-electron chi connectivity index (χ2n) is 7.93. The maximum atomic E-state index is 11.2. The van der Waals surface area contributed by atoms with Gasteiger partial charge in [0.1, 0.15) is 0 Å². The number of benzene rings is 1. The van der Waals surface area contributed by atoms with Gasteiger partial charge < -0.3 is 20.2 Å². The molecule has 0 unspecified atom stereocenters. The monoisotopic (exact) mass is 405 g/mol. The normalized spacial score (nSPS) is 21.6. The van der Waals surface area contributed by atoms with Crippen LogP contribution in [0.15, 0.2) is 36.7 Å². The molecule has 1 aliphatic carbocycles. The van der Waals surface area contributed by atoms with Crippen molar-refractivity contribution in [3.63, 3.8) is 0 Å². The number of anilines is 3. The molecule has 1 saturated heterocycles. The summed E-state index contributed by atoms with van der Waals surface area (Å²) in [6.45, 7) is 3.63. The van der Waals surface area contributed by atoms with Crippen molar-refractivity contribution in [3.05, 3.63) is 42.2 Å². The average molecular weight is 405 g/mol. The zero-order valence-electron chi connectivity index (χ0n) is 16.7. The van der Waals surface area contributed by atoms with Crippen molar-refractivity contribution in [1.29, 1.82) is 0 Å². The number of aromatic nitrogens is 4. The van der Waals surface area contributed by atoms with Crippen LogP contribution in [0.1, 0.15) is 17.9 Å². The van der Waals surface area contributed by atoms with Crippen LogP contribution < -0.4 is 10.2 Å². The fourth-order valence-electron chi connectivity index (χ4n) is 3.91. The van der Waals surface area contributed by atoms with E-state index in [4.69, 9.17) is 4.98 Å². The third-order valence-electron chi connectivity index (χ3n) is 5.79. The van der Waals surface area contributed by atoms with Crippen LogP contribution in [0, 0.1) is 5.92 Å². The molecule has 3 heterocycles. The van der Waals surface area contributed by atoms with Gasteiger partial charge in [0.15, 0.2) is 17.0 Å². The van der Waals surface area contributed by atoms with Gasteiger partial charge in [-0.2, -0.15) is 9.97 Å². The Hall–Kier alpha value is -3.33. The summed E-state index contributed by atoms with van der Waals surface area (Å²) < 4.78 is 0. The standard InChI is InChI=1S/C21H23N7O2/c1-27-7-9-28(10-8-27)21-25-18-17(22-5-6-23-18)19(26-21)24-14-4-2-3-13(11-14)15-12-16(15)20(29)30/h2-6,11,15-16H,7-10,12H2,1H3,(H,29,30)(H,23,24,25,26)/t15-,16+/m0/s1. The Morgan fingerprint density at radius 1 is 1.13 bits per heavy atom. The quantitative estimate of drug-likeness (QED) is 0.660. The molecular weight excluding hydrogens is 382 g/mol. The van der Waals surface area contributed by atoms with Crippen molar-refractivity contribution < 1.29 is 9.90 Å². The van der Waals surface area contributed by atoms with Crippen molar-refractivity contribution in [2.45, 2.75) is 12.3 Å². The van der Waals surface area contributed by atoms with Crippen LogP contribution in [0.25, 0.3) is 11.2 Å². The first kappa shape index (κ1) is 18.7. The topological polar surface area (TPSA) is 107 Å². The smallest absolute Gasteiger partial charge is 0.307 e. The van der Waals surface area contributed by atoms with Crippen LogP contribution in [0.3, 0.4) is 0 Å². The Morgan fingerprint density at radius 3 is 2.70 bits per heavy atom. The molecule has 2 fully saturated rings. The minimum absolute atomic E-state index is 0.0760. The lowest BCUT2D eigenvalue weighted by Crippen LogP contribution is -2.45. The zero-order chi connectivity index (χ0) is 20.7. The fraction of sp³-hybridized carbons (Fsp3) is 0.381. The number of hydrogen-bond acceptors (Lipinski definition) is 8. The van der Waals surface area contributed by atoms with Gasteiger partial charge in [0.2, 0.25) is 5.95 Å². The predicted octanol–water partition coefficient (Wildman–Crippen LogP) is 2.10. The molecule has 1 aromatic carbocycles. The van der Waals surface area contributed by atoms with Crippen LogP contribution in [-0.4, -0.2) is 69.1 Å². The maximum Gasteiger partial charge on any atom is 0.307 e. The predicted molar refractivity (Wildman–Crippen MR) is 113 cm³/mol. The molecule has 9 nitrogen and oxygen atoms in total. The van der Waals surface area contributed by atoms with Gasteiger partial charge in [0.05, 0.1) is 5.92 Å². The minimum Gasteiger partial charge on any atom is -0.481 e. The Kier molecular flexibility index (Phi) is 4.66. The third-order valence-corrected chi connectivity index (χ3v) is 5.79. The van der Waals surface area contributed by atoms with Crippen LogP contribution in [0.4, 0.5) is 17.5 Å². The number of carboxylic acids is 1. The highest BCUT2D eigenvalue weighted by Crippen LogP contribution is 2.48. The Labute approximate surface area is 173 Å². The van der Waals surface area contributed by atoms with Gasteiger partial charge in [-0.25, -0.2) is 9.97 Å². The molecule has 5 rings (SSSR count). The molecule has 9 heteroatoms. The van der Waals surface area contributed by atoms with Crippen molar-refractivity contribution in [2.75, 3.05) is 43.4 Å². The van der Waals surface area contributed by atoms with E-state index in [1.54, 1.807) is 12.4 Å². The summed E-state index contributed by atoms with van der Waals surface area (Å²) in [5.41, 5.74) is 3.03. The van der Waals surface area contributed by atoms with Crippen molar-refractivity contribution in [3.8, 4) is 0 Å². The van der Waals surface area contributed by atoms with E-state index in [-0.39, 0.29) is 11.8 Å². The zero-order valence-corrected chi connectivity index (χ0v) is 16.7. The summed E-state index contributed by atoms with van der Waals surface area (Å²) in [7, 11) is 2.11. The molecular formula is C21H23N7O2. The molecule has 154 valence electrons. The lowest BCUT2D eigenvalue weighted by molar-refractivity contribution is -0.138. The van der Waals surface area contributed by atoms with Gasteiger partial charge >= 0.3 is 5.97 Å². The molecule has 3 aromatic rings. The van der Waals surface area contributed by atoms with Gasteiger partial charge in [0.25, 0.3) is 0 Å². The van der Waals surface area contributed by atoms with Gasteiger partial charge in [0, 0.05) is 44.3 Å². The number of piperazine rings is 1. The minimum atomic E-state index is -0.729. The number of nitrogens with one attached hydrogen (secondary N) is 1. The second-order valence-corrected chi connectivity index (χ2v) is 7.93. The van der Waals surface area contributed by atoms with Crippen LogP contribution in [0.2, 0.25) is 0 Å². The second kappa shape index (κ2) is 7.49. The first-order valence-electron chi connectivity index (χ1n) is 10.1. The van der Waals surface area contributed by atoms with E-state index in [1.807, 2.05) is 24.3 Å². The molecule has 2 N–H and O–H groups in total. The number of carbonyl (C=O) groups is 1. The van der Waals surface area contributed by atoms with E-state index < -0.39 is 5.97 Å². The highest BCUT2D eigenvalue weighted by Gasteiger charge is 2.44. The SMILES string of the molecule is CN1CCN(c2nc(Nc3cccc([C@@H]4C[C@H]4C(=O)O)c3)c3nccnc3n2)CC1. The average Bonchev–Trinajstić information content (AvgIpc) is 3.56. The Balaban J connectivity index is 1.46. The molecule has 0 bridgehead atoms. The van der Waals surface area contributed by atoms with Crippen LogP contribution >= 0.6 is 0 Å². The van der Waals surface area contributed by atoms with E-state index in [1.165, 1.54) is 0 Å². The largest absolute Gasteiger partial charge is 0.481 e. The number of aliphatic carboxylic acids is 1. The van der Waals surface area contributed by atoms with Crippen LogP contribution in [0.5, 0.6) is 0 Å². The molecule has 0 spiro atoms. The molecule has 1 aliphatic heterocycles. The lowest BCUT2D eigenvalue weighted by atomic mass is 10.1. The molecule has 2 aliphatic rings. The van der Waals surface area contributed by atoms with E-state index in [2.05, 4.69) is 37.1 Å². The summed E-state index contributed by atoms with van der Waals surface area (Å²) in [5.74, 6) is 0.307. The Bertz CT molecular complexity index is 1100. The molecule has 1 saturated carbocycles. The first-order valence-corrected chi connectivity index (χ1v) is 10.1. The van der Waals surface area contributed by atoms with Gasteiger partial charge in [-0.3, -0.25) is 4.79 Å². The summed E-state index contributed by atoms with van der Waals surface area (Å²) in [6, 6.07) is 7.85. The molecule has 0 amide bonds. The van der Waals surface area contributed by atoms with E-state index in [0.717, 1.165) is 37.4 Å². The van der Waals surface area contributed by atoms with Crippen LogP contribution in [-0.2, 0) is 4.79 Å². The molecule has 2 atom stereocenters. The number of carboxylic acid groups (broad SMARTS) is 1. The molecule has 30 heavy (non-hydrogen) atoms. The first-order chi connectivity index (χ1) is 14.6. The van der Waals surface area contributed by atoms with Crippen molar-refractivity contribution >= 4 is 34.6 Å². The third kappa shape index (κ3) is 3.63. The summed E-state index contributed by atoms with van der Waals surface area (Å²) in [4.78, 5) is 33.9. The van der Waals surface area contributed by atoms with E-state index >= 15 is 0 Å². The maximum absolute atomic E-state index is 11.2. The van der Waals surface area contributed by atoms with Gasteiger partial charge in [-0.1, -0.05) is 12.1 Å². The van der Waals surface area contributed by atoms with E-state index in [9.17, 15) is 9.90 Å². The number of nitrogens with zero attached hydrogens (tertiary/aromatic N) is 6. The number of likely N-dealkylation sites (N-methyl/N-ethyl adjacent to an activating group) is 1. The molecule has 0 radical (unpaired) electrons. The number of fused-ring (bicyclic) bond motifs is 1. The number of rotatable bonds is 5.